The second-order valence-corrected chi connectivity index (χ2v) is 8.93. The molecule has 0 spiro atoms. The first-order valence-corrected chi connectivity index (χ1v) is 11.5. The maximum atomic E-state index is 13.0. The number of carbonyl (C=O) groups is 1. The highest BCUT2D eigenvalue weighted by molar-refractivity contribution is 7.16. The molecular formula is C23H26N4O4S. The number of hydrogen-bond acceptors (Lipinski definition) is 6. The summed E-state index contributed by atoms with van der Waals surface area (Å²) in [6, 6.07) is 10.8. The SMILES string of the molecule is COCCn1c(=NC(=O)c2ccc(N3CCCCC3)c([N+](=O)[O-])c2)sc2cc(C)ccc21. The van der Waals surface area contributed by atoms with Gasteiger partial charge < -0.3 is 14.2 Å². The fourth-order valence-corrected chi connectivity index (χ4v) is 5.17. The lowest BCUT2D eigenvalue weighted by Gasteiger charge is -2.28. The molecule has 1 saturated heterocycles. The van der Waals surface area contributed by atoms with Crippen molar-refractivity contribution in [3.8, 4) is 0 Å². The number of nitro groups is 1. The van der Waals surface area contributed by atoms with Crippen LogP contribution in [0.15, 0.2) is 41.4 Å². The van der Waals surface area contributed by atoms with E-state index >= 15 is 0 Å². The topological polar surface area (TPSA) is 90.0 Å². The van der Waals surface area contributed by atoms with Gasteiger partial charge in [0.1, 0.15) is 5.69 Å². The van der Waals surface area contributed by atoms with E-state index in [2.05, 4.69) is 11.1 Å². The Balaban J connectivity index is 1.73. The van der Waals surface area contributed by atoms with Crippen LogP contribution in [-0.4, -0.2) is 42.2 Å². The summed E-state index contributed by atoms with van der Waals surface area (Å²) in [6.07, 6.45) is 3.16. The van der Waals surface area contributed by atoms with Crippen molar-refractivity contribution in [2.24, 2.45) is 4.99 Å². The third-order valence-corrected chi connectivity index (χ3v) is 6.71. The second-order valence-electron chi connectivity index (χ2n) is 7.93. The second kappa shape index (κ2) is 9.62. The Kier molecular flexibility index (Phi) is 6.66. The van der Waals surface area contributed by atoms with E-state index in [1.54, 1.807) is 19.2 Å². The van der Waals surface area contributed by atoms with Crippen molar-refractivity contribution >= 4 is 38.8 Å². The summed E-state index contributed by atoms with van der Waals surface area (Å²) in [6.45, 7) is 4.64. The van der Waals surface area contributed by atoms with E-state index in [-0.39, 0.29) is 11.3 Å². The number of hydrogen-bond donors (Lipinski definition) is 0. The molecular weight excluding hydrogens is 428 g/mol. The molecule has 8 nitrogen and oxygen atoms in total. The van der Waals surface area contributed by atoms with Crippen LogP contribution in [0.5, 0.6) is 0 Å². The molecule has 3 aromatic rings. The third kappa shape index (κ3) is 4.58. The molecule has 1 amide bonds. The maximum absolute atomic E-state index is 13.0. The molecule has 2 heterocycles. The van der Waals surface area contributed by atoms with Crippen LogP contribution in [0.1, 0.15) is 35.2 Å². The molecule has 1 aromatic heterocycles. The van der Waals surface area contributed by atoms with E-state index in [0.29, 0.717) is 23.6 Å². The minimum absolute atomic E-state index is 0.0489. The van der Waals surface area contributed by atoms with Crippen LogP contribution in [0.3, 0.4) is 0 Å². The van der Waals surface area contributed by atoms with Crippen molar-refractivity contribution in [2.75, 3.05) is 31.7 Å². The summed E-state index contributed by atoms with van der Waals surface area (Å²) >= 11 is 1.43. The Bertz CT molecular complexity index is 1220. The number of thiazole rings is 1. The van der Waals surface area contributed by atoms with E-state index in [4.69, 9.17) is 4.74 Å². The van der Waals surface area contributed by atoms with Gasteiger partial charge in [-0.3, -0.25) is 14.9 Å². The fraction of sp³-hybridized carbons (Fsp3) is 0.391. The molecule has 0 atom stereocenters. The van der Waals surface area contributed by atoms with Crippen molar-refractivity contribution < 1.29 is 14.5 Å². The molecule has 2 aromatic carbocycles. The number of nitro benzene ring substituents is 1. The van der Waals surface area contributed by atoms with Crippen molar-refractivity contribution in [3.05, 3.63) is 62.4 Å². The first kappa shape index (κ1) is 22.2. The minimum atomic E-state index is -0.493. The molecule has 1 aliphatic heterocycles. The number of ether oxygens (including phenoxy) is 1. The normalized spacial score (nSPS) is 14.8. The Hall–Kier alpha value is -3.04. The third-order valence-electron chi connectivity index (χ3n) is 5.67. The van der Waals surface area contributed by atoms with Crippen LogP contribution in [0.25, 0.3) is 10.2 Å². The molecule has 168 valence electrons. The van der Waals surface area contributed by atoms with Crippen LogP contribution in [0, 0.1) is 17.0 Å². The number of nitrogens with zero attached hydrogens (tertiary/aromatic N) is 4. The lowest BCUT2D eigenvalue weighted by atomic mass is 10.1. The molecule has 1 aliphatic rings. The number of anilines is 1. The molecule has 0 aliphatic carbocycles. The maximum Gasteiger partial charge on any atom is 0.293 e. The highest BCUT2D eigenvalue weighted by Gasteiger charge is 2.23. The van der Waals surface area contributed by atoms with Gasteiger partial charge in [-0.15, -0.1) is 0 Å². The van der Waals surface area contributed by atoms with Gasteiger partial charge in [0, 0.05) is 38.4 Å². The zero-order chi connectivity index (χ0) is 22.7. The van der Waals surface area contributed by atoms with Crippen LogP contribution < -0.4 is 9.70 Å². The number of piperidine rings is 1. The Morgan fingerprint density at radius 3 is 2.69 bits per heavy atom. The lowest BCUT2D eigenvalue weighted by molar-refractivity contribution is -0.384. The van der Waals surface area contributed by atoms with E-state index in [9.17, 15) is 14.9 Å². The standard InChI is InChI=1S/C23H26N4O4S/c1-16-6-8-19-21(14-16)32-23(26(19)12-13-31-2)24-22(28)17-7-9-18(20(15-17)27(29)30)25-10-4-3-5-11-25/h6-9,14-15H,3-5,10-13H2,1-2H3. The molecule has 0 unspecified atom stereocenters. The van der Waals surface area contributed by atoms with E-state index in [1.807, 2.05) is 28.5 Å². The Morgan fingerprint density at radius 1 is 1.19 bits per heavy atom. The summed E-state index contributed by atoms with van der Waals surface area (Å²) in [5.74, 6) is -0.493. The van der Waals surface area contributed by atoms with E-state index in [0.717, 1.165) is 48.1 Å². The molecule has 0 N–H and O–H groups in total. The van der Waals surface area contributed by atoms with Gasteiger partial charge in [-0.25, -0.2) is 0 Å². The zero-order valence-electron chi connectivity index (χ0n) is 18.2. The van der Waals surface area contributed by atoms with Gasteiger partial charge in [-0.2, -0.15) is 4.99 Å². The monoisotopic (exact) mass is 454 g/mol. The predicted molar refractivity (Wildman–Crippen MR) is 125 cm³/mol. The van der Waals surface area contributed by atoms with Gasteiger partial charge in [-0.1, -0.05) is 17.4 Å². The smallest absolute Gasteiger partial charge is 0.293 e. The molecule has 0 radical (unpaired) electrons. The fourth-order valence-electron chi connectivity index (χ4n) is 4.02. The van der Waals surface area contributed by atoms with Crippen LogP contribution in [0.4, 0.5) is 11.4 Å². The van der Waals surface area contributed by atoms with Gasteiger partial charge in [0.25, 0.3) is 11.6 Å². The molecule has 1 fully saturated rings. The summed E-state index contributed by atoms with van der Waals surface area (Å²) < 4.78 is 8.21. The van der Waals surface area contributed by atoms with Crippen molar-refractivity contribution in [2.45, 2.75) is 32.7 Å². The van der Waals surface area contributed by atoms with E-state index < -0.39 is 10.8 Å². The molecule has 4 rings (SSSR count). The van der Waals surface area contributed by atoms with Gasteiger partial charge >= 0.3 is 0 Å². The number of fused-ring (bicyclic) bond motifs is 1. The predicted octanol–water partition coefficient (Wildman–Crippen LogP) is 4.30. The minimum Gasteiger partial charge on any atom is -0.383 e. The van der Waals surface area contributed by atoms with Crippen LogP contribution >= 0.6 is 11.3 Å². The molecule has 9 heteroatoms. The van der Waals surface area contributed by atoms with Crippen molar-refractivity contribution in [3.63, 3.8) is 0 Å². The number of rotatable bonds is 6. The lowest BCUT2D eigenvalue weighted by Crippen LogP contribution is -2.30. The highest BCUT2D eigenvalue weighted by atomic mass is 32.1. The summed E-state index contributed by atoms with van der Waals surface area (Å²) in [7, 11) is 1.63. The molecule has 0 saturated carbocycles. The van der Waals surface area contributed by atoms with E-state index in [1.165, 1.54) is 17.4 Å². The summed E-state index contributed by atoms with van der Waals surface area (Å²) in [4.78, 5) is 31.3. The average Bonchev–Trinajstić information content (AvgIpc) is 3.13. The number of benzene rings is 2. The quantitative estimate of drug-likeness (QED) is 0.409. The van der Waals surface area contributed by atoms with Gasteiger partial charge in [0.05, 0.1) is 21.7 Å². The summed E-state index contributed by atoms with van der Waals surface area (Å²) in [5, 5.41) is 11.7. The van der Waals surface area contributed by atoms with Crippen molar-refractivity contribution in [1.29, 1.82) is 0 Å². The average molecular weight is 455 g/mol. The van der Waals surface area contributed by atoms with Crippen LogP contribution in [0.2, 0.25) is 0 Å². The Labute approximate surface area is 189 Å². The van der Waals surface area contributed by atoms with Gasteiger partial charge in [0.2, 0.25) is 0 Å². The van der Waals surface area contributed by atoms with Gasteiger partial charge in [0.15, 0.2) is 4.80 Å². The summed E-state index contributed by atoms with van der Waals surface area (Å²) in [5.41, 5.74) is 2.84. The highest BCUT2D eigenvalue weighted by Crippen LogP contribution is 2.31. The first-order chi connectivity index (χ1) is 15.5. The number of aryl methyl sites for hydroxylation is 1. The number of amides is 1. The van der Waals surface area contributed by atoms with Crippen LogP contribution in [-0.2, 0) is 11.3 Å². The number of carbonyl (C=O) groups excluding carboxylic acids is 1. The zero-order valence-corrected chi connectivity index (χ0v) is 19.1. The number of methoxy groups -OCH3 is 1. The molecule has 0 bridgehead atoms. The molecule has 32 heavy (non-hydrogen) atoms. The largest absolute Gasteiger partial charge is 0.383 e. The first-order valence-electron chi connectivity index (χ1n) is 10.7. The van der Waals surface area contributed by atoms with Crippen molar-refractivity contribution in [1.82, 2.24) is 4.57 Å². The van der Waals surface area contributed by atoms with Gasteiger partial charge in [-0.05, 0) is 56.0 Å². The Morgan fingerprint density at radius 2 is 1.97 bits per heavy atom. The number of aromatic nitrogens is 1.